The Bertz CT molecular complexity index is 737. The average Bonchev–Trinajstić information content (AvgIpc) is 2.89. The van der Waals surface area contributed by atoms with E-state index >= 15 is 0 Å². The van der Waals surface area contributed by atoms with Crippen molar-refractivity contribution < 1.29 is 14.7 Å². The van der Waals surface area contributed by atoms with Crippen LogP contribution < -0.4 is 10.6 Å². The molecule has 0 spiro atoms. The molecule has 1 aromatic heterocycles. The summed E-state index contributed by atoms with van der Waals surface area (Å²) in [5.41, 5.74) is 1.77. The lowest BCUT2D eigenvalue weighted by Crippen LogP contribution is -2.27. The normalized spacial score (nSPS) is 19.8. The second-order valence-electron chi connectivity index (χ2n) is 9.32. The number of unbranched alkanes of at least 4 members (excludes halogenated alkanes) is 2. The summed E-state index contributed by atoms with van der Waals surface area (Å²) in [5, 5.41) is 15.7. The van der Waals surface area contributed by atoms with Gasteiger partial charge in [-0.25, -0.2) is 0 Å². The summed E-state index contributed by atoms with van der Waals surface area (Å²) in [6.45, 7) is 9.33. The molecule has 2 aliphatic rings. The monoisotopic (exact) mass is 406 g/mol. The van der Waals surface area contributed by atoms with Gasteiger partial charge in [0.2, 0.25) is 5.91 Å². The van der Waals surface area contributed by atoms with Gasteiger partial charge in [0.15, 0.2) is 0 Å². The SMILES string of the molecule is CC1(C)C(C(=O)Nc2sc3c(c2C(=O)NCCCCCO)CCCC3)C1(C)C. The first-order valence-electron chi connectivity index (χ1n) is 10.6. The maximum absolute atomic E-state index is 13.0. The first kappa shape index (κ1) is 21.3. The molecular formula is C22H34N2O3S. The molecule has 1 fully saturated rings. The smallest absolute Gasteiger partial charge is 0.254 e. The van der Waals surface area contributed by atoms with E-state index in [0.29, 0.717) is 12.1 Å². The van der Waals surface area contributed by atoms with Gasteiger partial charge in [0.05, 0.1) is 5.56 Å². The molecule has 156 valence electrons. The number of nitrogens with one attached hydrogen (secondary N) is 2. The van der Waals surface area contributed by atoms with E-state index in [4.69, 9.17) is 5.11 Å². The number of carbonyl (C=O) groups is 2. The summed E-state index contributed by atoms with van der Waals surface area (Å²) in [6.07, 6.45) is 6.65. The molecular weight excluding hydrogens is 372 g/mol. The van der Waals surface area contributed by atoms with Gasteiger partial charge in [0.25, 0.3) is 5.91 Å². The number of aliphatic hydroxyl groups is 1. The third-order valence-corrected chi connectivity index (χ3v) is 8.25. The molecule has 2 aliphatic carbocycles. The highest BCUT2D eigenvalue weighted by Crippen LogP contribution is 2.68. The lowest BCUT2D eigenvalue weighted by Gasteiger charge is -2.13. The van der Waals surface area contributed by atoms with Crippen molar-refractivity contribution in [2.45, 2.75) is 72.6 Å². The third kappa shape index (κ3) is 3.86. The Morgan fingerprint density at radius 3 is 2.39 bits per heavy atom. The second kappa shape index (κ2) is 8.15. The minimum absolute atomic E-state index is 0.0247. The zero-order chi connectivity index (χ0) is 20.5. The highest BCUT2D eigenvalue weighted by atomic mass is 32.1. The van der Waals surface area contributed by atoms with Crippen molar-refractivity contribution in [1.29, 1.82) is 0 Å². The lowest BCUT2D eigenvalue weighted by atomic mass is 9.95. The van der Waals surface area contributed by atoms with Crippen LogP contribution in [0.25, 0.3) is 0 Å². The molecule has 1 heterocycles. The topological polar surface area (TPSA) is 78.4 Å². The summed E-state index contributed by atoms with van der Waals surface area (Å²) in [6, 6.07) is 0. The molecule has 3 N–H and O–H groups in total. The largest absolute Gasteiger partial charge is 0.396 e. The molecule has 6 heteroatoms. The third-order valence-electron chi connectivity index (χ3n) is 7.04. The van der Waals surface area contributed by atoms with E-state index in [1.54, 1.807) is 11.3 Å². The van der Waals surface area contributed by atoms with E-state index in [-0.39, 0.29) is 35.2 Å². The number of thiophene rings is 1. The molecule has 0 bridgehead atoms. The molecule has 0 radical (unpaired) electrons. The molecule has 1 saturated carbocycles. The fourth-order valence-electron chi connectivity index (χ4n) is 4.63. The number of anilines is 1. The van der Waals surface area contributed by atoms with E-state index in [1.807, 2.05) is 0 Å². The molecule has 5 nitrogen and oxygen atoms in total. The number of hydrogen-bond acceptors (Lipinski definition) is 4. The maximum atomic E-state index is 13.0. The number of carbonyl (C=O) groups excluding carboxylic acids is 2. The Labute approximate surface area is 172 Å². The van der Waals surface area contributed by atoms with Gasteiger partial charge < -0.3 is 15.7 Å². The summed E-state index contributed by atoms with van der Waals surface area (Å²) in [5.74, 6) is -0.0767. The minimum atomic E-state index is -0.0759. The fourth-order valence-corrected chi connectivity index (χ4v) is 5.92. The summed E-state index contributed by atoms with van der Waals surface area (Å²) >= 11 is 1.59. The summed E-state index contributed by atoms with van der Waals surface area (Å²) < 4.78 is 0. The van der Waals surface area contributed by atoms with E-state index in [0.717, 1.165) is 55.5 Å². The van der Waals surface area contributed by atoms with Crippen molar-refractivity contribution in [3.05, 3.63) is 16.0 Å². The van der Waals surface area contributed by atoms with Crippen molar-refractivity contribution in [1.82, 2.24) is 5.32 Å². The van der Waals surface area contributed by atoms with Crippen LogP contribution in [0, 0.1) is 16.7 Å². The van der Waals surface area contributed by atoms with E-state index in [2.05, 4.69) is 38.3 Å². The molecule has 0 aliphatic heterocycles. The van der Waals surface area contributed by atoms with Crippen LogP contribution in [0.15, 0.2) is 0 Å². The van der Waals surface area contributed by atoms with Gasteiger partial charge in [-0.05, 0) is 61.3 Å². The van der Waals surface area contributed by atoms with Gasteiger partial charge >= 0.3 is 0 Å². The van der Waals surface area contributed by atoms with Gasteiger partial charge in [0, 0.05) is 23.9 Å². The van der Waals surface area contributed by atoms with Gasteiger partial charge in [-0.15, -0.1) is 11.3 Å². The second-order valence-corrected chi connectivity index (χ2v) is 10.4. The fraction of sp³-hybridized carbons (Fsp3) is 0.727. The number of hydrogen-bond donors (Lipinski definition) is 3. The van der Waals surface area contributed by atoms with Gasteiger partial charge in [-0.2, -0.15) is 0 Å². The van der Waals surface area contributed by atoms with Crippen LogP contribution >= 0.6 is 11.3 Å². The summed E-state index contributed by atoms with van der Waals surface area (Å²) in [4.78, 5) is 27.2. The van der Waals surface area contributed by atoms with E-state index < -0.39 is 0 Å². The molecule has 2 amide bonds. The molecule has 28 heavy (non-hydrogen) atoms. The predicted molar refractivity (Wildman–Crippen MR) is 114 cm³/mol. The molecule has 0 aromatic carbocycles. The first-order valence-corrected chi connectivity index (χ1v) is 11.4. The molecule has 1 aromatic rings. The van der Waals surface area contributed by atoms with Gasteiger partial charge in [0.1, 0.15) is 5.00 Å². The zero-order valence-corrected chi connectivity index (χ0v) is 18.4. The molecule has 3 rings (SSSR count). The number of fused-ring (bicyclic) bond motifs is 1. The standard InChI is InChI=1S/C22H34N2O3S/c1-21(2)17(22(21,3)4)19(27)24-20-16(14-10-6-7-11-15(14)28-20)18(26)23-12-8-5-9-13-25/h17,25H,5-13H2,1-4H3,(H,23,26)(H,24,27). The summed E-state index contributed by atoms with van der Waals surface area (Å²) in [7, 11) is 0. The highest BCUT2D eigenvalue weighted by Gasteiger charge is 2.68. The Balaban J connectivity index is 1.75. The van der Waals surface area contributed by atoms with E-state index in [1.165, 1.54) is 4.88 Å². The van der Waals surface area contributed by atoms with Crippen LogP contribution in [0.1, 0.15) is 80.6 Å². The number of amides is 2. The quantitative estimate of drug-likeness (QED) is 0.568. The van der Waals surface area contributed by atoms with Crippen LogP contribution in [0.2, 0.25) is 0 Å². The first-order chi connectivity index (χ1) is 13.2. The number of aryl methyl sites for hydroxylation is 1. The van der Waals surface area contributed by atoms with Crippen molar-refractivity contribution in [3.8, 4) is 0 Å². The van der Waals surface area contributed by atoms with Crippen molar-refractivity contribution >= 4 is 28.2 Å². The van der Waals surface area contributed by atoms with Crippen LogP contribution in [0.5, 0.6) is 0 Å². The minimum Gasteiger partial charge on any atom is -0.396 e. The zero-order valence-electron chi connectivity index (χ0n) is 17.6. The van der Waals surface area contributed by atoms with Crippen molar-refractivity contribution in [2.75, 3.05) is 18.5 Å². The van der Waals surface area contributed by atoms with Crippen LogP contribution in [-0.4, -0.2) is 30.1 Å². The van der Waals surface area contributed by atoms with Gasteiger partial charge in [-0.1, -0.05) is 27.7 Å². The Morgan fingerprint density at radius 2 is 1.75 bits per heavy atom. The predicted octanol–water partition coefficient (Wildman–Crippen LogP) is 4.14. The Hall–Kier alpha value is -1.40. The van der Waals surface area contributed by atoms with Crippen molar-refractivity contribution in [2.24, 2.45) is 16.7 Å². The average molecular weight is 407 g/mol. The molecule has 0 saturated heterocycles. The van der Waals surface area contributed by atoms with Gasteiger partial charge in [-0.3, -0.25) is 9.59 Å². The number of rotatable bonds is 8. The maximum Gasteiger partial charge on any atom is 0.254 e. The Kier molecular flexibility index (Phi) is 6.20. The van der Waals surface area contributed by atoms with Crippen LogP contribution in [0.3, 0.4) is 0 Å². The van der Waals surface area contributed by atoms with Crippen LogP contribution in [-0.2, 0) is 17.6 Å². The molecule has 0 unspecified atom stereocenters. The van der Waals surface area contributed by atoms with Crippen molar-refractivity contribution in [3.63, 3.8) is 0 Å². The Morgan fingerprint density at radius 1 is 1.07 bits per heavy atom. The van der Waals surface area contributed by atoms with Crippen LogP contribution in [0.4, 0.5) is 5.00 Å². The highest BCUT2D eigenvalue weighted by molar-refractivity contribution is 7.17. The molecule has 0 atom stereocenters. The lowest BCUT2D eigenvalue weighted by molar-refractivity contribution is -0.118. The van der Waals surface area contributed by atoms with E-state index in [9.17, 15) is 9.59 Å². The number of aliphatic hydroxyl groups excluding tert-OH is 1.